The Labute approximate surface area is 163 Å². The zero-order valence-electron chi connectivity index (χ0n) is 14.6. The Balaban J connectivity index is 2.30. The summed E-state index contributed by atoms with van der Waals surface area (Å²) in [4.78, 5) is 24.2. The van der Waals surface area contributed by atoms with E-state index in [-0.39, 0.29) is 23.9 Å². The molecule has 0 aromatic carbocycles. The van der Waals surface area contributed by atoms with E-state index < -0.39 is 0 Å². The van der Waals surface area contributed by atoms with Gasteiger partial charge in [-0.05, 0) is 38.5 Å². The molecule has 24 heavy (non-hydrogen) atoms. The second-order valence-electron chi connectivity index (χ2n) is 6.63. The maximum absolute atomic E-state index is 12.1. The van der Waals surface area contributed by atoms with Crippen molar-refractivity contribution in [3.05, 3.63) is 0 Å². The first-order valence-electron chi connectivity index (χ1n) is 9.38. The average Bonchev–Trinajstić information content (AvgIpc) is 2.57. The van der Waals surface area contributed by atoms with Crippen molar-refractivity contribution in [3.8, 4) is 0 Å². The summed E-state index contributed by atoms with van der Waals surface area (Å²) in [5.41, 5.74) is 0. The van der Waals surface area contributed by atoms with Crippen LogP contribution in [0.4, 0.5) is 0 Å². The van der Waals surface area contributed by atoms with Gasteiger partial charge in [-0.15, -0.1) is 0 Å². The Hall–Kier alpha value is -0.100. The van der Waals surface area contributed by atoms with Crippen LogP contribution in [0.25, 0.3) is 0 Å². The second-order valence-corrected chi connectivity index (χ2v) is 8.22. The summed E-state index contributed by atoms with van der Waals surface area (Å²) in [5, 5.41) is 8.31. The number of rotatable bonds is 12. The van der Waals surface area contributed by atoms with Crippen LogP contribution in [-0.4, -0.2) is 34.6 Å². The number of carbonyl (C=O) groups is 2. The van der Waals surface area contributed by atoms with E-state index in [1.54, 1.807) is 0 Å². The molecule has 0 radical (unpaired) electrons. The molecule has 2 N–H and O–H groups in total. The molecule has 140 valence electrons. The average molecular weight is 468 g/mol. The smallest absolute Gasteiger partial charge is 0.220 e. The van der Waals surface area contributed by atoms with Crippen LogP contribution < -0.4 is 10.6 Å². The summed E-state index contributed by atoms with van der Waals surface area (Å²) < 4.78 is 0. The molecule has 0 saturated heterocycles. The van der Waals surface area contributed by atoms with Crippen molar-refractivity contribution in [1.82, 2.24) is 10.6 Å². The van der Waals surface area contributed by atoms with E-state index in [1.807, 2.05) is 0 Å². The summed E-state index contributed by atoms with van der Waals surface area (Å²) in [5.74, 6) is 0.265. The number of amides is 2. The zero-order chi connectivity index (χ0) is 17.6. The van der Waals surface area contributed by atoms with Gasteiger partial charge in [-0.3, -0.25) is 9.59 Å². The highest BCUT2D eigenvalue weighted by atomic mass is 79.9. The third-order valence-electron chi connectivity index (χ3n) is 4.53. The maximum Gasteiger partial charge on any atom is 0.220 e. The molecule has 1 fully saturated rings. The highest BCUT2D eigenvalue weighted by Gasteiger charge is 2.27. The van der Waals surface area contributed by atoms with Crippen molar-refractivity contribution >= 4 is 43.7 Å². The number of carbonyl (C=O) groups excluding carboxylic acids is 2. The molecule has 0 aromatic rings. The lowest BCUT2D eigenvalue weighted by atomic mass is 9.90. The molecule has 0 unspecified atom stereocenters. The molecule has 0 aromatic heterocycles. The Morgan fingerprint density at radius 3 is 1.50 bits per heavy atom. The number of hydrogen-bond acceptors (Lipinski definition) is 2. The van der Waals surface area contributed by atoms with Crippen LogP contribution in [0.5, 0.6) is 0 Å². The largest absolute Gasteiger partial charge is 0.351 e. The monoisotopic (exact) mass is 466 g/mol. The Bertz CT molecular complexity index is 333. The topological polar surface area (TPSA) is 58.2 Å². The summed E-state index contributed by atoms with van der Waals surface area (Å²) >= 11 is 6.82. The van der Waals surface area contributed by atoms with Crippen LogP contribution in [0.15, 0.2) is 0 Å². The standard InChI is InChI=1S/C18H32Br2N2O2/c19-13-7-1-3-11-17(23)21-15-9-5-6-10-16(15)22-18(24)12-4-2-8-14-20/h15-16H,1-14H2,(H,21,23)(H,22,24)/t15-,16-/m0/s1. The lowest BCUT2D eigenvalue weighted by Gasteiger charge is -2.33. The van der Waals surface area contributed by atoms with Gasteiger partial charge in [0.2, 0.25) is 11.8 Å². The number of hydrogen-bond donors (Lipinski definition) is 2. The first kappa shape index (κ1) is 21.9. The van der Waals surface area contributed by atoms with Gasteiger partial charge in [0.1, 0.15) is 0 Å². The van der Waals surface area contributed by atoms with E-state index in [1.165, 1.54) is 0 Å². The fourth-order valence-electron chi connectivity index (χ4n) is 3.15. The van der Waals surface area contributed by atoms with E-state index in [0.717, 1.165) is 74.9 Å². The van der Waals surface area contributed by atoms with Gasteiger partial charge < -0.3 is 10.6 Å². The summed E-state index contributed by atoms with van der Waals surface area (Å²) in [6.45, 7) is 0. The van der Waals surface area contributed by atoms with Crippen LogP contribution in [-0.2, 0) is 9.59 Å². The molecule has 1 rings (SSSR count). The first-order chi connectivity index (χ1) is 11.7. The van der Waals surface area contributed by atoms with Gasteiger partial charge in [-0.25, -0.2) is 0 Å². The van der Waals surface area contributed by atoms with Crippen molar-refractivity contribution in [1.29, 1.82) is 0 Å². The molecule has 2 atom stereocenters. The summed E-state index contributed by atoms with van der Waals surface area (Å²) in [6.07, 6.45) is 11.7. The predicted molar refractivity (Wildman–Crippen MR) is 107 cm³/mol. The zero-order valence-corrected chi connectivity index (χ0v) is 17.8. The van der Waals surface area contributed by atoms with E-state index >= 15 is 0 Å². The minimum Gasteiger partial charge on any atom is -0.351 e. The minimum absolute atomic E-state index is 0.105. The van der Waals surface area contributed by atoms with Crippen LogP contribution in [0.1, 0.15) is 77.0 Å². The molecule has 0 heterocycles. The summed E-state index contributed by atoms with van der Waals surface area (Å²) in [7, 11) is 0. The molecule has 0 spiro atoms. The summed E-state index contributed by atoms with van der Waals surface area (Å²) in [6, 6.07) is 0.211. The van der Waals surface area contributed by atoms with Crippen molar-refractivity contribution in [3.63, 3.8) is 0 Å². The predicted octanol–water partition coefficient (Wildman–Crippen LogP) is 4.44. The second kappa shape index (κ2) is 14.1. The molecule has 1 aliphatic carbocycles. The number of nitrogens with one attached hydrogen (secondary N) is 2. The molecule has 0 aliphatic heterocycles. The fraction of sp³-hybridized carbons (Fsp3) is 0.889. The van der Waals surface area contributed by atoms with Crippen molar-refractivity contribution in [2.24, 2.45) is 0 Å². The fourth-order valence-corrected chi connectivity index (χ4v) is 3.94. The van der Waals surface area contributed by atoms with Crippen molar-refractivity contribution < 1.29 is 9.59 Å². The molecule has 1 aliphatic rings. The van der Waals surface area contributed by atoms with Crippen LogP contribution >= 0.6 is 31.9 Å². The number of halogens is 2. The molecule has 2 amide bonds. The maximum atomic E-state index is 12.1. The lowest BCUT2D eigenvalue weighted by molar-refractivity contribution is -0.125. The third kappa shape index (κ3) is 10.0. The minimum atomic E-state index is 0.105. The molecular formula is C18H32Br2N2O2. The van der Waals surface area contributed by atoms with E-state index in [0.29, 0.717) is 12.8 Å². The van der Waals surface area contributed by atoms with Crippen LogP contribution in [0.3, 0.4) is 0 Å². The highest BCUT2D eigenvalue weighted by Crippen LogP contribution is 2.19. The van der Waals surface area contributed by atoms with Gasteiger partial charge in [0.05, 0.1) is 0 Å². The lowest BCUT2D eigenvalue weighted by Crippen LogP contribution is -2.53. The van der Waals surface area contributed by atoms with Crippen molar-refractivity contribution in [2.45, 2.75) is 89.1 Å². The van der Waals surface area contributed by atoms with Gasteiger partial charge in [0, 0.05) is 35.6 Å². The third-order valence-corrected chi connectivity index (χ3v) is 5.66. The van der Waals surface area contributed by atoms with Gasteiger partial charge in [-0.2, -0.15) is 0 Å². The Morgan fingerprint density at radius 2 is 1.12 bits per heavy atom. The quantitative estimate of drug-likeness (QED) is 0.329. The van der Waals surface area contributed by atoms with Gasteiger partial charge in [-0.1, -0.05) is 57.5 Å². The molecule has 0 bridgehead atoms. The van der Waals surface area contributed by atoms with E-state index in [2.05, 4.69) is 42.5 Å². The first-order valence-corrected chi connectivity index (χ1v) is 11.6. The number of alkyl halides is 2. The normalized spacial score (nSPS) is 20.6. The molecule has 1 saturated carbocycles. The number of unbranched alkanes of at least 4 members (excludes halogenated alkanes) is 4. The van der Waals surface area contributed by atoms with Gasteiger partial charge in [0.25, 0.3) is 0 Å². The van der Waals surface area contributed by atoms with Crippen LogP contribution in [0, 0.1) is 0 Å². The molecule has 6 heteroatoms. The Morgan fingerprint density at radius 1 is 0.708 bits per heavy atom. The molecular weight excluding hydrogens is 436 g/mol. The van der Waals surface area contributed by atoms with Gasteiger partial charge >= 0.3 is 0 Å². The SMILES string of the molecule is O=C(CCCCCBr)N[C@H]1CCCC[C@@H]1NC(=O)CCCCCBr. The highest BCUT2D eigenvalue weighted by molar-refractivity contribution is 9.09. The molecule has 4 nitrogen and oxygen atoms in total. The van der Waals surface area contributed by atoms with Gasteiger partial charge in [0.15, 0.2) is 0 Å². The van der Waals surface area contributed by atoms with Crippen molar-refractivity contribution in [2.75, 3.05) is 10.7 Å². The van der Waals surface area contributed by atoms with Crippen LogP contribution in [0.2, 0.25) is 0 Å². The van der Waals surface area contributed by atoms with E-state index in [4.69, 9.17) is 0 Å². The van der Waals surface area contributed by atoms with E-state index in [9.17, 15) is 9.59 Å². The Kier molecular flexibility index (Phi) is 12.9.